The maximum Gasteiger partial charge on any atom is 0.119 e. The summed E-state index contributed by atoms with van der Waals surface area (Å²) in [6.45, 7) is -6.76. The molecule has 0 saturated heterocycles. The molecular formula is C16H27NO2. The lowest BCUT2D eigenvalue weighted by Crippen LogP contribution is -2.34. The smallest absolute Gasteiger partial charge is 0.119 e. The summed E-state index contributed by atoms with van der Waals surface area (Å²) in [5.74, 6) is -0.303. The molecule has 3 heteroatoms. The van der Waals surface area contributed by atoms with Gasteiger partial charge in [0.2, 0.25) is 0 Å². The van der Waals surface area contributed by atoms with Crippen LogP contribution in [-0.2, 0) is 0 Å². The predicted octanol–water partition coefficient (Wildman–Crippen LogP) is 3.27. The first kappa shape index (κ1) is 7.09. The Kier molecular flexibility index (Phi) is 2.58. The summed E-state index contributed by atoms with van der Waals surface area (Å²) in [6, 6.07) is 3.87. The third-order valence-corrected chi connectivity index (χ3v) is 2.78. The van der Waals surface area contributed by atoms with E-state index in [2.05, 4.69) is 0 Å². The molecule has 0 spiro atoms. The standard InChI is InChI=1S/C16H27NO2/c1-5-6-12(2)11-19-14-9-7-13(8-10-14)15(17)16(3,4)18/h7-10,12,15,18H,5-6,11,17H2,1-4H3/t12-,15+/m0/s1/i2D3,3D3,4D3. The van der Waals surface area contributed by atoms with Crippen LogP contribution < -0.4 is 10.5 Å². The van der Waals surface area contributed by atoms with Crippen LogP contribution in [-0.4, -0.2) is 17.3 Å². The second kappa shape index (κ2) is 6.92. The SMILES string of the molecule is [2H]C([2H])([2H])[C@@H](CCC)COc1ccc([C@@H](N)C(O)(C([2H])([2H])[2H])C([2H])([2H])[2H])cc1. The van der Waals surface area contributed by atoms with Crippen LogP contribution in [0.15, 0.2) is 24.3 Å². The number of rotatable bonds is 7. The van der Waals surface area contributed by atoms with Crippen LogP contribution in [0.3, 0.4) is 0 Å². The molecule has 0 aliphatic rings. The molecule has 0 radical (unpaired) electrons. The highest BCUT2D eigenvalue weighted by Crippen LogP contribution is 2.24. The van der Waals surface area contributed by atoms with Gasteiger partial charge in [0.1, 0.15) is 5.75 Å². The number of hydrogen-bond acceptors (Lipinski definition) is 3. The van der Waals surface area contributed by atoms with E-state index in [9.17, 15) is 5.11 Å². The van der Waals surface area contributed by atoms with Gasteiger partial charge in [-0.05, 0) is 43.7 Å². The molecule has 1 rings (SSSR count). The molecule has 0 heterocycles. The summed E-state index contributed by atoms with van der Waals surface area (Å²) in [4.78, 5) is 0. The maximum absolute atomic E-state index is 10.5. The van der Waals surface area contributed by atoms with E-state index in [-0.39, 0.29) is 12.2 Å². The zero-order valence-electron chi connectivity index (χ0n) is 20.0. The minimum atomic E-state index is -3.24. The fourth-order valence-corrected chi connectivity index (χ4v) is 1.64. The van der Waals surface area contributed by atoms with Crippen molar-refractivity contribution in [3.63, 3.8) is 0 Å². The Morgan fingerprint density at radius 2 is 2.05 bits per heavy atom. The van der Waals surface area contributed by atoms with E-state index in [1.165, 1.54) is 24.3 Å². The van der Waals surface area contributed by atoms with Crippen molar-refractivity contribution in [2.24, 2.45) is 11.7 Å². The fraction of sp³-hybridized carbons (Fsp3) is 0.625. The van der Waals surface area contributed by atoms with Gasteiger partial charge in [-0.15, -0.1) is 0 Å². The Balaban J connectivity index is 3.00. The van der Waals surface area contributed by atoms with Crippen molar-refractivity contribution >= 4 is 0 Å². The highest BCUT2D eigenvalue weighted by atomic mass is 16.5. The number of nitrogens with two attached hydrogens (primary N) is 1. The number of benzene rings is 1. The van der Waals surface area contributed by atoms with Crippen molar-refractivity contribution in [1.29, 1.82) is 0 Å². The van der Waals surface area contributed by atoms with Gasteiger partial charge in [-0.3, -0.25) is 0 Å². The summed E-state index contributed by atoms with van der Waals surface area (Å²) in [6.07, 6.45) is 1.17. The maximum atomic E-state index is 10.5. The molecule has 0 bridgehead atoms. The van der Waals surface area contributed by atoms with Crippen LogP contribution in [0, 0.1) is 5.92 Å². The number of ether oxygens (including phenoxy) is 1. The van der Waals surface area contributed by atoms with Crippen LogP contribution in [0.5, 0.6) is 5.75 Å². The lowest BCUT2D eigenvalue weighted by Gasteiger charge is -2.26. The second-order valence-electron chi connectivity index (χ2n) is 4.61. The minimum absolute atomic E-state index is 0.0236. The summed E-state index contributed by atoms with van der Waals surface area (Å²) in [5.41, 5.74) is 2.80. The molecule has 19 heavy (non-hydrogen) atoms. The van der Waals surface area contributed by atoms with Gasteiger partial charge in [-0.1, -0.05) is 32.3 Å². The van der Waals surface area contributed by atoms with Crippen molar-refractivity contribution in [1.82, 2.24) is 0 Å². The minimum Gasteiger partial charge on any atom is -0.493 e. The van der Waals surface area contributed by atoms with E-state index in [0.29, 0.717) is 18.6 Å². The Morgan fingerprint density at radius 1 is 1.37 bits per heavy atom. The normalized spacial score (nSPS) is 24.1. The summed E-state index contributed by atoms with van der Waals surface area (Å²) >= 11 is 0. The van der Waals surface area contributed by atoms with E-state index >= 15 is 0 Å². The van der Waals surface area contributed by atoms with E-state index < -0.39 is 38.1 Å². The Hall–Kier alpha value is -1.06. The van der Waals surface area contributed by atoms with Gasteiger partial charge in [-0.25, -0.2) is 0 Å². The molecule has 1 aromatic carbocycles. The Labute approximate surface area is 129 Å². The average Bonchev–Trinajstić information content (AvgIpc) is 2.54. The molecule has 2 atom stereocenters. The van der Waals surface area contributed by atoms with Crippen LogP contribution in [0.2, 0.25) is 0 Å². The third-order valence-electron chi connectivity index (χ3n) is 2.78. The van der Waals surface area contributed by atoms with Crippen molar-refractivity contribution in [3.8, 4) is 5.75 Å². The summed E-state index contributed by atoms with van der Waals surface area (Å²) < 4.78 is 72.8. The van der Waals surface area contributed by atoms with E-state index in [0.717, 1.165) is 0 Å². The average molecular weight is 274 g/mol. The molecule has 0 fully saturated rings. The molecule has 0 saturated carbocycles. The van der Waals surface area contributed by atoms with Gasteiger partial charge >= 0.3 is 0 Å². The Bertz CT molecular complexity index is 609. The fourth-order valence-electron chi connectivity index (χ4n) is 1.64. The van der Waals surface area contributed by atoms with Crippen LogP contribution in [0.1, 0.15) is 64.3 Å². The molecular weight excluding hydrogens is 238 g/mol. The quantitative estimate of drug-likeness (QED) is 0.802. The number of aliphatic hydroxyl groups is 1. The zero-order chi connectivity index (χ0) is 22.0. The van der Waals surface area contributed by atoms with Crippen LogP contribution >= 0.6 is 0 Å². The second-order valence-corrected chi connectivity index (χ2v) is 4.61. The third kappa shape index (κ3) is 5.21. The zero-order valence-corrected chi connectivity index (χ0v) is 11.0. The van der Waals surface area contributed by atoms with Gasteiger partial charge in [0.05, 0.1) is 18.2 Å². The van der Waals surface area contributed by atoms with Crippen LogP contribution in [0.25, 0.3) is 0 Å². The lowest BCUT2D eigenvalue weighted by molar-refractivity contribution is 0.0517. The van der Waals surface area contributed by atoms with Gasteiger partial charge in [0.25, 0.3) is 0 Å². The van der Waals surface area contributed by atoms with Gasteiger partial charge in [0, 0.05) is 12.3 Å². The molecule has 0 aliphatic heterocycles. The highest BCUT2D eigenvalue weighted by Gasteiger charge is 2.24. The summed E-state index contributed by atoms with van der Waals surface area (Å²) in [7, 11) is 0. The first-order valence-corrected chi connectivity index (χ1v) is 6.26. The molecule has 0 unspecified atom stereocenters. The molecule has 3 nitrogen and oxygen atoms in total. The molecule has 3 N–H and O–H groups in total. The van der Waals surface area contributed by atoms with Gasteiger partial charge in [-0.2, -0.15) is 0 Å². The van der Waals surface area contributed by atoms with Crippen LogP contribution in [0.4, 0.5) is 0 Å². The number of hydrogen-bond donors (Lipinski definition) is 2. The van der Waals surface area contributed by atoms with Crippen molar-refractivity contribution in [3.05, 3.63) is 29.8 Å². The molecule has 108 valence electrons. The Morgan fingerprint density at radius 3 is 2.58 bits per heavy atom. The molecule has 0 amide bonds. The highest BCUT2D eigenvalue weighted by molar-refractivity contribution is 5.30. The largest absolute Gasteiger partial charge is 0.493 e. The van der Waals surface area contributed by atoms with E-state index in [1.54, 1.807) is 0 Å². The topological polar surface area (TPSA) is 55.5 Å². The first-order chi connectivity index (χ1) is 12.6. The molecule has 0 aromatic heterocycles. The van der Waals surface area contributed by atoms with E-state index in [4.69, 9.17) is 22.8 Å². The van der Waals surface area contributed by atoms with Crippen molar-refractivity contribution < 1.29 is 22.2 Å². The summed E-state index contributed by atoms with van der Waals surface area (Å²) in [5, 5.41) is 10.5. The first-order valence-electron chi connectivity index (χ1n) is 10.8. The van der Waals surface area contributed by atoms with Crippen molar-refractivity contribution in [2.45, 2.75) is 52.0 Å². The predicted molar refractivity (Wildman–Crippen MR) is 79.2 cm³/mol. The lowest BCUT2D eigenvalue weighted by atomic mass is 9.93. The van der Waals surface area contributed by atoms with Gasteiger partial charge < -0.3 is 15.6 Å². The molecule has 0 aliphatic carbocycles. The molecule has 1 aromatic rings. The van der Waals surface area contributed by atoms with Crippen molar-refractivity contribution in [2.75, 3.05) is 6.61 Å². The monoisotopic (exact) mass is 274 g/mol. The van der Waals surface area contributed by atoms with E-state index in [1.807, 2.05) is 6.92 Å². The van der Waals surface area contributed by atoms with Gasteiger partial charge in [0.15, 0.2) is 0 Å².